The van der Waals surface area contributed by atoms with Crippen molar-refractivity contribution >= 4 is 11.7 Å². The van der Waals surface area contributed by atoms with Crippen LogP contribution in [0, 0.1) is 13.8 Å². The third-order valence-electron chi connectivity index (χ3n) is 3.70. The van der Waals surface area contributed by atoms with Gasteiger partial charge in [-0.25, -0.2) is 4.79 Å². The van der Waals surface area contributed by atoms with Gasteiger partial charge in [-0.2, -0.15) is 0 Å². The second-order valence-corrected chi connectivity index (χ2v) is 5.28. The Labute approximate surface area is 126 Å². The Balaban J connectivity index is 2.17. The highest BCUT2D eigenvalue weighted by Gasteiger charge is 2.09. The summed E-state index contributed by atoms with van der Waals surface area (Å²) in [5, 5.41) is 3.42. The lowest BCUT2D eigenvalue weighted by atomic mass is 10.0. The van der Waals surface area contributed by atoms with Gasteiger partial charge in [-0.3, -0.25) is 0 Å². The third-order valence-corrected chi connectivity index (χ3v) is 3.70. The number of ether oxygens (including phenoxy) is 1. The quantitative estimate of drug-likeness (QED) is 0.852. The van der Waals surface area contributed by atoms with Gasteiger partial charge in [-0.15, -0.1) is 0 Å². The highest BCUT2D eigenvalue weighted by molar-refractivity contribution is 5.90. The molecule has 0 radical (unpaired) electrons. The molecule has 0 aliphatic heterocycles. The molecule has 2 aromatic carbocycles. The van der Waals surface area contributed by atoms with Gasteiger partial charge in [-0.05, 0) is 55.7 Å². The van der Waals surface area contributed by atoms with E-state index in [4.69, 9.17) is 4.74 Å². The Kier molecular flexibility index (Phi) is 4.63. The molecule has 1 atom stereocenters. The molecule has 0 aliphatic rings. The minimum absolute atomic E-state index is 0.164. The first-order valence-corrected chi connectivity index (χ1v) is 7.03. The summed E-state index contributed by atoms with van der Waals surface area (Å²) in [6.07, 6.45) is 0. The van der Waals surface area contributed by atoms with Crippen LogP contribution in [0.3, 0.4) is 0 Å². The summed E-state index contributed by atoms with van der Waals surface area (Å²) < 4.78 is 4.74. The molecule has 0 saturated carbocycles. The molecule has 110 valence electrons. The van der Waals surface area contributed by atoms with E-state index in [-0.39, 0.29) is 12.0 Å². The maximum atomic E-state index is 11.6. The van der Waals surface area contributed by atoms with Gasteiger partial charge in [-0.1, -0.05) is 24.3 Å². The van der Waals surface area contributed by atoms with Gasteiger partial charge in [0.1, 0.15) is 0 Å². The van der Waals surface area contributed by atoms with Crippen LogP contribution < -0.4 is 5.32 Å². The number of aryl methyl sites for hydroxylation is 2. The van der Waals surface area contributed by atoms with Gasteiger partial charge >= 0.3 is 5.97 Å². The smallest absolute Gasteiger partial charge is 0.337 e. The number of nitrogens with one attached hydrogen (secondary N) is 1. The Hall–Kier alpha value is -2.29. The van der Waals surface area contributed by atoms with Crippen molar-refractivity contribution in [3.05, 3.63) is 64.7 Å². The number of carbonyl (C=O) groups excluding carboxylic acids is 1. The van der Waals surface area contributed by atoms with Crippen molar-refractivity contribution in [3.8, 4) is 0 Å². The van der Waals surface area contributed by atoms with E-state index in [9.17, 15) is 4.79 Å². The molecule has 21 heavy (non-hydrogen) atoms. The molecular weight excluding hydrogens is 262 g/mol. The molecule has 1 N–H and O–H groups in total. The van der Waals surface area contributed by atoms with E-state index in [0.29, 0.717) is 5.56 Å². The standard InChI is InChI=1S/C18H21NO2/c1-12-8-9-15(10-13(12)2)14(3)19-17-7-5-6-16(11-17)18(20)21-4/h5-11,14,19H,1-4H3. The number of hydrogen-bond acceptors (Lipinski definition) is 3. The van der Waals surface area contributed by atoms with Gasteiger partial charge < -0.3 is 10.1 Å². The molecule has 0 spiro atoms. The number of anilines is 1. The van der Waals surface area contributed by atoms with Crippen molar-refractivity contribution in [3.63, 3.8) is 0 Å². The summed E-state index contributed by atoms with van der Waals surface area (Å²) in [5.74, 6) is -0.322. The second-order valence-electron chi connectivity index (χ2n) is 5.28. The van der Waals surface area contributed by atoms with E-state index < -0.39 is 0 Å². The second kappa shape index (κ2) is 6.44. The average Bonchev–Trinajstić information content (AvgIpc) is 2.49. The highest BCUT2D eigenvalue weighted by Crippen LogP contribution is 2.22. The zero-order valence-electron chi connectivity index (χ0n) is 12.9. The fraction of sp³-hybridized carbons (Fsp3) is 0.278. The van der Waals surface area contributed by atoms with Crippen LogP contribution >= 0.6 is 0 Å². The van der Waals surface area contributed by atoms with Crippen LogP contribution in [0.25, 0.3) is 0 Å². The van der Waals surface area contributed by atoms with Gasteiger partial charge in [0.25, 0.3) is 0 Å². The van der Waals surface area contributed by atoms with Crippen molar-refractivity contribution in [1.82, 2.24) is 0 Å². The zero-order chi connectivity index (χ0) is 15.4. The molecule has 0 heterocycles. The van der Waals surface area contributed by atoms with Gasteiger partial charge in [0.05, 0.1) is 12.7 Å². The number of carbonyl (C=O) groups is 1. The largest absolute Gasteiger partial charge is 0.465 e. The van der Waals surface area contributed by atoms with Gasteiger partial charge in [0.2, 0.25) is 0 Å². The topological polar surface area (TPSA) is 38.3 Å². The number of rotatable bonds is 4. The number of hydrogen-bond donors (Lipinski definition) is 1. The fourth-order valence-corrected chi connectivity index (χ4v) is 2.22. The summed E-state index contributed by atoms with van der Waals surface area (Å²) in [5.41, 5.74) is 5.25. The summed E-state index contributed by atoms with van der Waals surface area (Å²) >= 11 is 0. The van der Waals surface area contributed by atoms with Crippen molar-refractivity contribution in [1.29, 1.82) is 0 Å². The maximum absolute atomic E-state index is 11.6. The average molecular weight is 283 g/mol. The molecule has 3 heteroatoms. The first-order chi connectivity index (χ1) is 10.0. The van der Waals surface area contributed by atoms with Crippen LogP contribution in [0.15, 0.2) is 42.5 Å². The molecule has 2 aromatic rings. The minimum Gasteiger partial charge on any atom is -0.465 e. The first kappa shape index (κ1) is 15.1. The third kappa shape index (κ3) is 3.63. The zero-order valence-corrected chi connectivity index (χ0v) is 12.9. The monoisotopic (exact) mass is 283 g/mol. The van der Waals surface area contributed by atoms with Crippen LogP contribution in [0.2, 0.25) is 0 Å². The first-order valence-electron chi connectivity index (χ1n) is 7.03. The van der Waals surface area contributed by atoms with Crippen LogP contribution in [0.4, 0.5) is 5.69 Å². The predicted octanol–water partition coefficient (Wildman–Crippen LogP) is 4.26. The van der Waals surface area contributed by atoms with E-state index in [1.54, 1.807) is 6.07 Å². The molecule has 0 aliphatic carbocycles. The Morgan fingerprint density at radius 1 is 1.10 bits per heavy atom. The van der Waals surface area contributed by atoms with Crippen molar-refractivity contribution in [2.24, 2.45) is 0 Å². The summed E-state index contributed by atoms with van der Waals surface area (Å²) in [4.78, 5) is 11.6. The Bertz CT molecular complexity index is 649. The number of methoxy groups -OCH3 is 1. The summed E-state index contributed by atoms with van der Waals surface area (Å²) in [6.45, 7) is 6.33. The lowest BCUT2D eigenvalue weighted by molar-refractivity contribution is 0.0601. The number of esters is 1. The van der Waals surface area contributed by atoms with E-state index in [1.807, 2.05) is 18.2 Å². The van der Waals surface area contributed by atoms with E-state index >= 15 is 0 Å². The van der Waals surface area contributed by atoms with Gasteiger partial charge in [0, 0.05) is 11.7 Å². The molecule has 0 fully saturated rings. The number of benzene rings is 2. The lowest BCUT2D eigenvalue weighted by Gasteiger charge is -2.17. The summed E-state index contributed by atoms with van der Waals surface area (Å²) in [7, 11) is 1.39. The van der Waals surface area contributed by atoms with Crippen LogP contribution in [-0.4, -0.2) is 13.1 Å². The fourth-order valence-electron chi connectivity index (χ4n) is 2.22. The van der Waals surface area contributed by atoms with Crippen molar-refractivity contribution < 1.29 is 9.53 Å². The van der Waals surface area contributed by atoms with Crippen LogP contribution in [0.5, 0.6) is 0 Å². The van der Waals surface area contributed by atoms with Crippen LogP contribution in [0.1, 0.15) is 40.0 Å². The normalized spacial score (nSPS) is 11.8. The Morgan fingerprint density at radius 2 is 1.86 bits per heavy atom. The molecule has 2 rings (SSSR count). The highest BCUT2D eigenvalue weighted by atomic mass is 16.5. The maximum Gasteiger partial charge on any atom is 0.337 e. The molecular formula is C18H21NO2. The molecule has 3 nitrogen and oxygen atoms in total. The minimum atomic E-state index is -0.322. The van der Waals surface area contributed by atoms with E-state index in [2.05, 4.69) is 44.3 Å². The molecule has 0 amide bonds. The van der Waals surface area contributed by atoms with E-state index in [0.717, 1.165) is 5.69 Å². The molecule has 1 unspecified atom stereocenters. The lowest BCUT2D eigenvalue weighted by Crippen LogP contribution is -2.08. The molecule has 0 aromatic heterocycles. The summed E-state index contributed by atoms with van der Waals surface area (Å²) in [6, 6.07) is 14.0. The SMILES string of the molecule is COC(=O)c1cccc(NC(C)c2ccc(C)c(C)c2)c1. The van der Waals surface area contributed by atoms with Gasteiger partial charge in [0.15, 0.2) is 0 Å². The Morgan fingerprint density at radius 3 is 2.52 bits per heavy atom. The van der Waals surface area contributed by atoms with Crippen LogP contribution in [-0.2, 0) is 4.74 Å². The van der Waals surface area contributed by atoms with E-state index in [1.165, 1.54) is 23.8 Å². The molecule has 0 bridgehead atoms. The van der Waals surface area contributed by atoms with Crippen molar-refractivity contribution in [2.45, 2.75) is 26.8 Å². The predicted molar refractivity (Wildman–Crippen MR) is 85.7 cm³/mol. The molecule has 0 saturated heterocycles. The van der Waals surface area contributed by atoms with Crippen molar-refractivity contribution in [2.75, 3.05) is 12.4 Å².